The Balaban J connectivity index is 2.17. The molecule has 38 heavy (non-hydrogen) atoms. The Morgan fingerprint density at radius 1 is 0.868 bits per heavy atom. The number of carboxylic acids is 1. The predicted octanol–water partition coefficient (Wildman–Crippen LogP) is 1.05. The van der Waals surface area contributed by atoms with Crippen molar-refractivity contribution < 1.29 is 29.4 Å². The molecule has 7 unspecified atom stereocenters. The van der Waals surface area contributed by atoms with Crippen LogP contribution in [-0.4, -0.2) is 69.2 Å². The molecule has 8 N–H and O–H groups in total. The highest BCUT2D eigenvalue weighted by atomic mass is 16.4. The normalized spacial score (nSPS) is 16.9. The molecule has 0 radical (unpaired) electrons. The number of hydrogen-bond donors (Lipinski definition) is 7. The first kappa shape index (κ1) is 30.8. The molecule has 0 fully saturated rings. The molecule has 0 saturated heterocycles. The van der Waals surface area contributed by atoms with Crippen LogP contribution in [-0.2, 0) is 25.6 Å². The van der Waals surface area contributed by atoms with E-state index in [2.05, 4.69) is 20.9 Å². The Labute approximate surface area is 222 Å². The molecule has 7 atom stereocenters. The lowest BCUT2D eigenvalue weighted by atomic mass is 9.94. The molecule has 0 saturated carbocycles. The minimum absolute atomic E-state index is 0.262. The Bertz CT molecular complexity index is 1120. The topological polar surface area (TPSA) is 187 Å². The molecule has 0 bridgehead atoms. The molecule has 0 aliphatic carbocycles. The summed E-state index contributed by atoms with van der Waals surface area (Å²) in [6, 6.07) is 3.19. The van der Waals surface area contributed by atoms with Crippen LogP contribution in [0.25, 0.3) is 10.9 Å². The van der Waals surface area contributed by atoms with Crippen molar-refractivity contribution in [3.63, 3.8) is 0 Å². The van der Waals surface area contributed by atoms with Gasteiger partial charge in [-0.3, -0.25) is 14.4 Å². The number of H-pyrrole nitrogens is 1. The maximum atomic E-state index is 13.4. The van der Waals surface area contributed by atoms with Crippen molar-refractivity contribution in [2.24, 2.45) is 17.6 Å². The second kappa shape index (κ2) is 13.9. The van der Waals surface area contributed by atoms with Gasteiger partial charge in [0, 0.05) is 17.1 Å². The van der Waals surface area contributed by atoms with Crippen molar-refractivity contribution in [2.75, 3.05) is 0 Å². The molecule has 0 aliphatic heterocycles. The van der Waals surface area contributed by atoms with E-state index in [9.17, 15) is 29.4 Å². The Hall–Kier alpha value is -3.44. The summed E-state index contributed by atoms with van der Waals surface area (Å²) in [4.78, 5) is 54.0. The van der Waals surface area contributed by atoms with Crippen LogP contribution in [0, 0.1) is 11.8 Å². The van der Waals surface area contributed by atoms with Crippen molar-refractivity contribution in [1.29, 1.82) is 0 Å². The average Bonchev–Trinajstić information content (AvgIpc) is 3.29. The number of fused-ring (bicyclic) bond motifs is 1. The predicted molar refractivity (Wildman–Crippen MR) is 144 cm³/mol. The molecule has 0 aliphatic rings. The van der Waals surface area contributed by atoms with Crippen molar-refractivity contribution in [3.05, 3.63) is 36.0 Å². The molecule has 1 heterocycles. The molecule has 2 rings (SSSR count). The molecule has 3 amide bonds. The van der Waals surface area contributed by atoms with Crippen LogP contribution < -0.4 is 21.7 Å². The number of aromatic amines is 1. The highest BCUT2D eigenvalue weighted by Gasteiger charge is 2.35. The molecular weight excluding hydrogens is 490 g/mol. The van der Waals surface area contributed by atoms with Gasteiger partial charge < -0.3 is 36.9 Å². The van der Waals surface area contributed by atoms with Gasteiger partial charge >= 0.3 is 5.97 Å². The van der Waals surface area contributed by atoms with Gasteiger partial charge in [0.2, 0.25) is 17.7 Å². The zero-order valence-electron chi connectivity index (χ0n) is 22.7. The molecule has 0 spiro atoms. The zero-order valence-corrected chi connectivity index (χ0v) is 22.7. The second-order valence-corrected chi connectivity index (χ2v) is 9.98. The summed E-state index contributed by atoms with van der Waals surface area (Å²) in [5.41, 5.74) is 8.03. The number of para-hydroxylation sites is 1. The van der Waals surface area contributed by atoms with Gasteiger partial charge in [-0.05, 0) is 36.8 Å². The summed E-state index contributed by atoms with van der Waals surface area (Å²) in [6.07, 6.45) is 1.82. The van der Waals surface area contributed by atoms with Gasteiger partial charge in [0.15, 0.2) is 6.04 Å². The van der Waals surface area contributed by atoms with E-state index in [0.29, 0.717) is 12.8 Å². The lowest BCUT2D eigenvalue weighted by Crippen LogP contribution is -2.60. The Kier molecular flexibility index (Phi) is 11.3. The highest BCUT2D eigenvalue weighted by molar-refractivity contribution is 5.94. The summed E-state index contributed by atoms with van der Waals surface area (Å²) < 4.78 is 0. The van der Waals surface area contributed by atoms with Gasteiger partial charge in [-0.2, -0.15) is 0 Å². The van der Waals surface area contributed by atoms with Crippen molar-refractivity contribution in [2.45, 2.75) is 84.2 Å². The minimum Gasteiger partial charge on any atom is -0.480 e. The lowest BCUT2D eigenvalue weighted by Gasteiger charge is -2.30. The van der Waals surface area contributed by atoms with E-state index in [-0.39, 0.29) is 18.3 Å². The van der Waals surface area contributed by atoms with Crippen molar-refractivity contribution in [3.8, 4) is 0 Å². The first-order valence-electron chi connectivity index (χ1n) is 13.0. The van der Waals surface area contributed by atoms with Crippen LogP contribution in [0.3, 0.4) is 0 Å². The maximum Gasteiger partial charge on any atom is 0.328 e. The van der Waals surface area contributed by atoms with E-state index < -0.39 is 54.0 Å². The minimum atomic E-state index is -1.53. The summed E-state index contributed by atoms with van der Waals surface area (Å²) in [5, 5.41) is 27.8. The van der Waals surface area contributed by atoms with Gasteiger partial charge in [0.1, 0.15) is 12.1 Å². The number of aromatic nitrogens is 1. The number of carbonyl (C=O) groups excluding carboxylic acids is 3. The van der Waals surface area contributed by atoms with Crippen LogP contribution in [0.4, 0.5) is 0 Å². The van der Waals surface area contributed by atoms with Gasteiger partial charge in [-0.25, -0.2) is 4.79 Å². The number of hydrogen-bond acceptors (Lipinski definition) is 6. The third-order valence-electron chi connectivity index (χ3n) is 7.08. The number of carboxylic acid groups (broad SMARTS) is 1. The van der Waals surface area contributed by atoms with Gasteiger partial charge in [0.05, 0.1) is 12.1 Å². The third kappa shape index (κ3) is 7.78. The quantitative estimate of drug-likeness (QED) is 0.190. The van der Waals surface area contributed by atoms with E-state index in [1.807, 2.05) is 51.2 Å². The Morgan fingerprint density at radius 3 is 1.87 bits per heavy atom. The standard InChI is InChI=1S/C27H41N5O6/c1-6-14(3)21(30-24(34)19(28)12-17-13-29-20-11-9-8-10-18(17)20)25(35)31-22(15(4)7-2)26(36)32-23(16(5)33)27(37)38/h8-11,13-16,19,21-23,29,33H,6-7,12,28H2,1-5H3,(H,30,34)(H,31,35)(H,32,36)(H,37,38). The Morgan fingerprint density at radius 2 is 1.37 bits per heavy atom. The molecule has 1 aromatic heterocycles. The number of rotatable bonds is 14. The molecule has 11 nitrogen and oxygen atoms in total. The fourth-order valence-electron chi connectivity index (χ4n) is 4.17. The van der Waals surface area contributed by atoms with E-state index in [0.717, 1.165) is 16.5 Å². The highest BCUT2D eigenvalue weighted by Crippen LogP contribution is 2.19. The summed E-state index contributed by atoms with van der Waals surface area (Å²) in [6.45, 7) is 8.52. The monoisotopic (exact) mass is 531 g/mol. The van der Waals surface area contributed by atoms with E-state index in [4.69, 9.17) is 5.73 Å². The smallest absolute Gasteiger partial charge is 0.328 e. The number of benzene rings is 1. The number of nitrogens with one attached hydrogen (secondary N) is 4. The molecule has 210 valence electrons. The van der Waals surface area contributed by atoms with Crippen molar-refractivity contribution in [1.82, 2.24) is 20.9 Å². The van der Waals surface area contributed by atoms with Crippen LogP contribution in [0.15, 0.2) is 30.5 Å². The summed E-state index contributed by atoms with van der Waals surface area (Å²) in [7, 11) is 0. The number of amides is 3. The van der Waals surface area contributed by atoms with Gasteiger partial charge in [-0.15, -0.1) is 0 Å². The van der Waals surface area contributed by atoms with Gasteiger partial charge in [-0.1, -0.05) is 58.7 Å². The largest absolute Gasteiger partial charge is 0.480 e. The second-order valence-electron chi connectivity index (χ2n) is 9.98. The molecular formula is C27H41N5O6. The van der Waals surface area contributed by atoms with Crippen LogP contribution in [0.2, 0.25) is 0 Å². The lowest BCUT2D eigenvalue weighted by molar-refractivity contribution is -0.145. The fourth-order valence-corrected chi connectivity index (χ4v) is 4.17. The molecule has 2 aromatic rings. The zero-order chi connectivity index (χ0) is 28.6. The number of aliphatic hydroxyl groups excluding tert-OH is 1. The number of nitrogens with two attached hydrogens (primary N) is 1. The summed E-state index contributed by atoms with van der Waals surface area (Å²) in [5.74, 6) is -3.82. The van der Waals surface area contributed by atoms with Crippen molar-refractivity contribution >= 4 is 34.6 Å². The SMILES string of the molecule is CCC(C)C(NC(=O)C(N)Cc1c[nH]c2ccccc12)C(=O)NC(C(=O)NC(C(=O)O)C(C)O)C(C)CC. The molecule has 11 heteroatoms. The van der Waals surface area contributed by atoms with Gasteiger partial charge in [0.25, 0.3) is 0 Å². The first-order chi connectivity index (χ1) is 17.9. The van der Waals surface area contributed by atoms with E-state index >= 15 is 0 Å². The number of aliphatic hydroxyl groups is 1. The number of carbonyl (C=O) groups is 4. The van der Waals surface area contributed by atoms with E-state index in [1.165, 1.54) is 6.92 Å². The number of aliphatic carboxylic acids is 1. The van der Waals surface area contributed by atoms with Crippen LogP contribution >= 0.6 is 0 Å². The maximum absolute atomic E-state index is 13.4. The summed E-state index contributed by atoms with van der Waals surface area (Å²) >= 11 is 0. The first-order valence-corrected chi connectivity index (χ1v) is 13.0. The van der Waals surface area contributed by atoms with E-state index in [1.54, 1.807) is 6.92 Å². The average molecular weight is 532 g/mol. The molecule has 1 aromatic carbocycles. The van der Waals surface area contributed by atoms with Crippen LogP contribution in [0.5, 0.6) is 0 Å². The third-order valence-corrected chi connectivity index (χ3v) is 7.08. The fraction of sp³-hybridized carbons (Fsp3) is 0.556. The van der Waals surface area contributed by atoms with Crippen LogP contribution in [0.1, 0.15) is 53.0 Å².